The predicted molar refractivity (Wildman–Crippen MR) is 109 cm³/mol. The number of hydrogen-bond acceptors (Lipinski definition) is 6. The highest BCUT2D eigenvalue weighted by Gasteiger charge is 2.21. The number of fused-ring (bicyclic) bond motifs is 3. The van der Waals surface area contributed by atoms with Crippen molar-refractivity contribution in [3.8, 4) is 0 Å². The van der Waals surface area contributed by atoms with Gasteiger partial charge in [-0.1, -0.05) is 6.92 Å². The molecule has 0 atom stereocenters. The monoisotopic (exact) mass is 408 g/mol. The first-order chi connectivity index (χ1) is 13.1. The standard InChI is InChI=1S/C18H24N4O3S2/c1-2-7-19-15(24)9-20-14(23)6-8-26-10-13-21-17(25)16-11-4-3-5-12(11)27-18(16)22-13/h2-10H2,1H3,(H,19,24)(H,20,23)(H,21,22,25). The molecule has 0 spiro atoms. The quantitative estimate of drug-likeness (QED) is 0.548. The Morgan fingerprint density at radius 1 is 1.26 bits per heavy atom. The molecule has 0 aromatic carbocycles. The van der Waals surface area contributed by atoms with Gasteiger partial charge in [-0.15, -0.1) is 11.3 Å². The fraction of sp³-hybridized carbons (Fsp3) is 0.556. The fourth-order valence-electron chi connectivity index (χ4n) is 3.04. The molecule has 0 fully saturated rings. The minimum absolute atomic E-state index is 0.0120. The third-order valence-electron chi connectivity index (χ3n) is 4.35. The van der Waals surface area contributed by atoms with Crippen molar-refractivity contribution in [1.82, 2.24) is 20.6 Å². The lowest BCUT2D eigenvalue weighted by Crippen LogP contribution is -2.37. The van der Waals surface area contributed by atoms with E-state index in [2.05, 4.69) is 20.6 Å². The zero-order chi connectivity index (χ0) is 19.2. The van der Waals surface area contributed by atoms with Gasteiger partial charge < -0.3 is 15.6 Å². The van der Waals surface area contributed by atoms with Crippen molar-refractivity contribution < 1.29 is 9.59 Å². The van der Waals surface area contributed by atoms with Crippen LogP contribution < -0.4 is 16.2 Å². The maximum atomic E-state index is 12.4. The first kappa shape index (κ1) is 19.9. The molecule has 2 aromatic heterocycles. The Kier molecular flexibility index (Phi) is 6.89. The summed E-state index contributed by atoms with van der Waals surface area (Å²) in [6.07, 6.45) is 4.33. The van der Waals surface area contributed by atoms with Gasteiger partial charge in [0, 0.05) is 23.6 Å². The Bertz CT molecular complexity index is 891. The van der Waals surface area contributed by atoms with Crippen LogP contribution in [-0.2, 0) is 28.2 Å². The number of amides is 2. The van der Waals surface area contributed by atoms with E-state index in [0.29, 0.717) is 30.3 Å². The summed E-state index contributed by atoms with van der Waals surface area (Å²) in [5.41, 5.74) is 1.13. The third-order valence-corrected chi connectivity index (χ3v) is 6.51. The van der Waals surface area contributed by atoms with Gasteiger partial charge in [-0.3, -0.25) is 14.4 Å². The van der Waals surface area contributed by atoms with Gasteiger partial charge in [0.15, 0.2) is 0 Å². The van der Waals surface area contributed by atoms with E-state index in [9.17, 15) is 14.4 Å². The number of carbonyl (C=O) groups excluding carboxylic acids is 2. The van der Waals surface area contributed by atoms with Crippen LogP contribution in [0, 0.1) is 0 Å². The van der Waals surface area contributed by atoms with Gasteiger partial charge >= 0.3 is 0 Å². The van der Waals surface area contributed by atoms with Crippen LogP contribution in [0.5, 0.6) is 0 Å². The summed E-state index contributed by atoms with van der Waals surface area (Å²) in [7, 11) is 0. The molecular formula is C18H24N4O3S2. The molecule has 2 amide bonds. The second kappa shape index (κ2) is 9.36. The van der Waals surface area contributed by atoms with E-state index in [1.165, 1.54) is 10.4 Å². The molecule has 0 bridgehead atoms. The largest absolute Gasteiger partial charge is 0.355 e. The van der Waals surface area contributed by atoms with Crippen LogP contribution in [0.25, 0.3) is 10.2 Å². The van der Waals surface area contributed by atoms with Crippen LogP contribution in [0.1, 0.15) is 42.5 Å². The molecule has 0 aliphatic heterocycles. The summed E-state index contributed by atoms with van der Waals surface area (Å²) in [6, 6.07) is 0. The number of aromatic nitrogens is 2. The van der Waals surface area contributed by atoms with Crippen molar-refractivity contribution in [3.63, 3.8) is 0 Å². The van der Waals surface area contributed by atoms with E-state index in [-0.39, 0.29) is 23.9 Å². The molecule has 1 aliphatic rings. The van der Waals surface area contributed by atoms with E-state index in [0.717, 1.165) is 35.9 Å². The molecule has 1 aliphatic carbocycles. The number of aromatic amines is 1. The molecule has 146 valence electrons. The molecule has 9 heteroatoms. The average molecular weight is 409 g/mol. The molecular weight excluding hydrogens is 384 g/mol. The smallest absolute Gasteiger partial charge is 0.259 e. The summed E-state index contributed by atoms with van der Waals surface area (Å²) in [6.45, 7) is 2.60. The molecule has 27 heavy (non-hydrogen) atoms. The lowest BCUT2D eigenvalue weighted by Gasteiger charge is -2.06. The molecule has 0 saturated heterocycles. The SMILES string of the molecule is CCCNC(=O)CNC(=O)CCSCc1nc2sc3c(c2c(=O)[nH]1)CCC3. The summed E-state index contributed by atoms with van der Waals surface area (Å²) in [5.74, 6) is 1.48. The molecule has 2 aromatic rings. The fourth-order valence-corrected chi connectivity index (χ4v) is 5.13. The zero-order valence-electron chi connectivity index (χ0n) is 15.4. The highest BCUT2D eigenvalue weighted by molar-refractivity contribution is 7.98. The van der Waals surface area contributed by atoms with E-state index in [1.54, 1.807) is 23.1 Å². The van der Waals surface area contributed by atoms with Crippen LogP contribution in [0.15, 0.2) is 4.79 Å². The van der Waals surface area contributed by atoms with Crippen molar-refractivity contribution in [1.29, 1.82) is 0 Å². The Labute approximate surface area is 165 Å². The Balaban J connectivity index is 1.44. The van der Waals surface area contributed by atoms with Crippen LogP contribution in [0.3, 0.4) is 0 Å². The molecule has 0 unspecified atom stereocenters. The maximum Gasteiger partial charge on any atom is 0.259 e. The van der Waals surface area contributed by atoms with Crippen LogP contribution >= 0.6 is 23.1 Å². The molecule has 0 saturated carbocycles. The van der Waals surface area contributed by atoms with Crippen molar-refractivity contribution in [2.75, 3.05) is 18.8 Å². The average Bonchev–Trinajstić information content (AvgIpc) is 3.22. The van der Waals surface area contributed by atoms with Gasteiger partial charge in [0.25, 0.3) is 5.56 Å². The zero-order valence-corrected chi connectivity index (χ0v) is 17.0. The van der Waals surface area contributed by atoms with E-state index >= 15 is 0 Å². The number of carbonyl (C=O) groups is 2. The van der Waals surface area contributed by atoms with Crippen LogP contribution in [0.2, 0.25) is 0 Å². The number of thiophene rings is 1. The first-order valence-corrected chi connectivity index (χ1v) is 11.2. The number of hydrogen-bond donors (Lipinski definition) is 3. The Hall–Kier alpha value is -1.87. The second-order valence-electron chi connectivity index (χ2n) is 6.48. The second-order valence-corrected chi connectivity index (χ2v) is 8.67. The highest BCUT2D eigenvalue weighted by atomic mass is 32.2. The number of thioether (sulfide) groups is 1. The molecule has 7 nitrogen and oxygen atoms in total. The molecule has 0 radical (unpaired) electrons. The van der Waals surface area contributed by atoms with Gasteiger partial charge in [-0.25, -0.2) is 4.98 Å². The summed E-state index contributed by atoms with van der Waals surface area (Å²) in [4.78, 5) is 45.2. The van der Waals surface area contributed by atoms with Gasteiger partial charge in [-0.05, 0) is 31.2 Å². The van der Waals surface area contributed by atoms with Gasteiger partial charge in [0.2, 0.25) is 11.8 Å². The third kappa shape index (κ3) is 5.10. The van der Waals surface area contributed by atoms with E-state index < -0.39 is 0 Å². The number of H-pyrrole nitrogens is 1. The van der Waals surface area contributed by atoms with Gasteiger partial charge in [0.1, 0.15) is 10.7 Å². The Morgan fingerprint density at radius 3 is 2.93 bits per heavy atom. The molecule has 3 rings (SSSR count). The van der Waals surface area contributed by atoms with E-state index in [4.69, 9.17) is 0 Å². The summed E-state index contributed by atoms with van der Waals surface area (Å²) >= 11 is 3.17. The molecule has 3 N–H and O–H groups in total. The number of nitrogens with one attached hydrogen (secondary N) is 3. The van der Waals surface area contributed by atoms with Crippen LogP contribution in [0.4, 0.5) is 0 Å². The highest BCUT2D eigenvalue weighted by Crippen LogP contribution is 2.34. The van der Waals surface area contributed by atoms with Crippen molar-refractivity contribution in [3.05, 3.63) is 26.6 Å². The molecule has 2 heterocycles. The number of aryl methyl sites for hydroxylation is 2. The van der Waals surface area contributed by atoms with Gasteiger partial charge in [-0.2, -0.15) is 11.8 Å². The topological polar surface area (TPSA) is 104 Å². The van der Waals surface area contributed by atoms with Crippen molar-refractivity contribution in [2.24, 2.45) is 0 Å². The number of rotatable bonds is 9. The lowest BCUT2D eigenvalue weighted by atomic mass is 10.2. The first-order valence-electron chi connectivity index (χ1n) is 9.23. The van der Waals surface area contributed by atoms with Crippen LogP contribution in [-0.4, -0.2) is 40.6 Å². The Morgan fingerprint density at radius 2 is 2.11 bits per heavy atom. The number of nitrogens with zero attached hydrogens (tertiary/aromatic N) is 1. The van der Waals surface area contributed by atoms with Crippen molar-refractivity contribution >= 4 is 45.1 Å². The van der Waals surface area contributed by atoms with Crippen molar-refractivity contribution in [2.45, 2.75) is 44.8 Å². The van der Waals surface area contributed by atoms with E-state index in [1.807, 2.05) is 6.92 Å². The normalized spacial score (nSPS) is 12.9. The predicted octanol–water partition coefficient (Wildman–Crippen LogP) is 1.74. The maximum absolute atomic E-state index is 12.4. The summed E-state index contributed by atoms with van der Waals surface area (Å²) in [5, 5.41) is 6.09. The van der Waals surface area contributed by atoms with Gasteiger partial charge in [0.05, 0.1) is 17.7 Å². The summed E-state index contributed by atoms with van der Waals surface area (Å²) < 4.78 is 0. The lowest BCUT2D eigenvalue weighted by molar-refractivity contribution is -0.125. The minimum Gasteiger partial charge on any atom is -0.355 e. The minimum atomic E-state index is -0.171.